The monoisotopic (exact) mass is 921 g/mol. The van der Waals surface area contributed by atoms with Crippen LogP contribution in [0, 0.1) is 41.9 Å². The molecule has 0 saturated carbocycles. The molecule has 0 aromatic rings. The quantitative estimate of drug-likeness (QED) is 0.0839. The van der Waals surface area contributed by atoms with Crippen molar-refractivity contribution in [2.24, 2.45) is 34.7 Å². The van der Waals surface area contributed by atoms with Crippen LogP contribution in [0.4, 0.5) is 0 Å². The smallest absolute Gasteiger partial charge is 0.331 e. The van der Waals surface area contributed by atoms with Crippen LogP contribution < -0.4 is 0 Å². The predicted molar refractivity (Wildman–Crippen MR) is 242 cm³/mol. The van der Waals surface area contributed by atoms with Gasteiger partial charge < -0.3 is 57.5 Å². The summed E-state index contributed by atoms with van der Waals surface area (Å²) >= 11 is 0. The molecule has 4 aliphatic heterocycles. The van der Waals surface area contributed by atoms with E-state index in [0.717, 1.165) is 6.42 Å². The zero-order valence-electron chi connectivity index (χ0n) is 41.8. The van der Waals surface area contributed by atoms with E-state index in [-0.39, 0.29) is 50.5 Å². The van der Waals surface area contributed by atoms with Gasteiger partial charge in [0.05, 0.1) is 61.0 Å². The number of oxime groups is 1. The molecule has 3 unspecified atom stereocenters. The van der Waals surface area contributed by atoms with E-state index >= 15 is 0 Å². The van der Waals surface area contributed by atoms with Crippen molar-refractivity contribution in [1.82, 2.24) is 4.90 Å². The molecule has 0 radical (unpaired) electrons. The molecule has 2 bridgehead atoms. The number of terminal acetylenes is 1. The molecule has 18 atom stereocenters. The fourth-order valence-corrected chi connectivity index (χ4v) is 10.7. The van der Waals surface area contributed by atoms with Crippen molar-refractivity contribution in [3.63, 3.8) is 0 Å². The van der Waals surface area contributed by atoms with Gasteiger partial charge in [0.1, 0.15) is 17.3 Å². The van der Waals surface area contributed by atoms with Crippen LogP contribution in [-0.4, -0.2) is 146 Å². The lowest BCUT2D eigenvalue weighted by Crippen LogP contribution is -2.61. The molecule has 1 N–H and O–H groups in total. The normalized spacial score (nSPS) is 43.1. The van der Waals surface area contributed by atoms with Crippen molar-refractivity contribution in [3.8, 4) is 12.3 Å². The Morgan fingerprint density at radius 1 is 0.969 bits per heavy atom. The predicted octanol–water partition coefficient (Wildman–Crippen LogP) is 5.99. The maximum absolute atomic E-state index is 14.8. The number of carbonyl (C=O) groups is 3. The number of aliphatic hydroxyl groups is 1. The van der Waals surface area contributed by atoms with Crippen LogP contribution in [0.1, 0.15) is 122 Å². The second-order valence-electron chi connectivity index (χ2n) is 19.9. The topological polar surface area (TPSA) is 179 Å². The molecule has 4 saturated heterocycles. The van der Waals surface area contributed by atoms with Gasteiger partial charge in [0.25, 0.3) is 0 Å². The number of fused-ring (bicyclic) bond motifs is 5. The lowest BCUT2D eigenvalue weighted by molar-refractivity contribution is -0.316. The third-order valence-corrected chi connectivity index (χ3v) is 14.3. The van der Waals surface area contributed by atoms with Crippen molar-refractivity contribution < 1.29 is 67.0 Å². The Kier molecular flexibility index (Phi) is 19.2. The molecule has 16 nitrogen and oxygen atoms in total. The van der Waals surface area contributed by atoms with Gasteiger partial charge in [0, 0.05) is 70.1 Å². The minimum Gasteiger partial charge on any atom is -0.459 e. The summed E-state index contributed by atoms with van der Waals surface area (Å²) in [5.41, 5.74) is -3.03. The average molecular weight is 921 g/mol. The molecule has 0 amide bonds. The average Bonchev–Trinajstić information content (AvgIpc) is 3.24. The second kappa shape index (κ2) is 22.9. The molecule has 65 heavy (non-hydrogen) atoms. The van der Waals surface area contributed by atoms with Gasteiger partial charge in [0.2, 0.25) is 0 Å². The van der Waals surface area contributed by atoms with E-state index in [1.807, 2.05) is 48.5 Å². The van der Waals surface area contributed by atoms with E-state index in [4.69, 9.17) is 53.9 Å². The Balaban J connectivity index is 1.99. The summed E-state index contributed by atoms with van der Waals surface area (Å²) in [5.74, 6) is -1.94. The minimum absolute atomic E-state index is 0.0141. The molecule has 4 rings (SSSR count). The van der Waals surface area contributed by atoms with E-state index in [0.29, 0.717) is 24.3 Å². The van der Waals surface area contributed by atoms with Crippen LogP contribution in [-0.2, 0) is 61.9 Å². The number of esters is 2. The van der Waals surface area contributed by atoms with E-state index < -0.39 is 108 Å². The summed E-state index contributed by atoms with van der Waals surface area (Å²) in [7, 11) is 3.60. The first kappa shape index (κ1) is 54.6. The van der Waals surface area contributed by atoms with Crippen LogP contribution >= 0.6 is 0 Å². The summed E-state index contributed by atoms with van der Waals surface area (Å²) in [4.78, 5) is 47.0. The largest absolute Gasteiger partial charge is 0.459 e. The first-order valence-corrected chi connectivity index (χ1v) is 23.4. The highest BCUT2D eigenvalue weighted by atomic mass is 16.7. The summed E-state index contributed by atoms with van der Waals surface area (Å²) in [6.45, 7) is 28.2. The first-order valence-electron chi connectivity index (χ1n) is 23.4. The summed E-state index contributed by atoms with van der Waals surface area (Å²) in [6.07, 6.45) is 0.353. The molecule has 0 spiro atoms. The second-order valence-corrected chi connectivity index (χ2v) is 19.9. The molecule has 16 heteroatoms. The fourth-order valence-electron chi connectivity index (χ4n) is 10.7. The number of cyclic esters (lactones) is 1. The van der Waals surface area contributed by atoms with Crippen LogP contribution in [0.3, 0.4) is 0 Å². The lowest BCUT2D eigenvalue weighted by Gasteiger charge is -2.51. The van der Waals surface area contributed by atoms with Crippen molar-refractivity contribution in [1.29, 1.82) is 0 Å². The Morgan fingerprint density at radius 2 is 1.65 bits per heavy atom. The van der Waals surface area contributed by atoms with Gasteiger partial charge in [-0.3, -0.25) is 9.59 Å². The molecule has 370 valence electrons. The number of ether oxygens (including phenoxy) is 9. The number of hydrogen-bond acceptors (Lipinski definition) is 16. The molecule has 4 aliphatic rings. The highest BCUT2D eigenvalue weighted by Crippen LogP contribution is 2.44. The molecule has 0 aromatic heterocycles. The van der Waals surface area contributed by atoms with Crippen LogP contribution in [0.15, 0.2) is 17.3 Å². The van der Waals surface area contributed by atoms with Crippen molar-refractivity contribution >= 4 is 23.6 Å². The Morgan fingerprint density at radius 3 is 2.25 bits per heavy atom. The lowest BCUT2D eigenvalue weighted by atomic mass is 9.73. The van der Waals surface area contributed by atoms with Crippen molar-refractivity contribution in [2.75, 3.05) is 33.9 Å². The van der Waals surface area contributed by atoms with Gasteiger partial charge in [0.15, 0.2) is 18.7 Å². The van der Waals surface area contributed by atoms with Crippen molar-refractivity contribution in [2.45, 2.75) is 200 Å². The van der Waals surface area contributed by atoms with E-state index in [9.17, 15) is 19.5 Å². The SMILES string of the molecule is C#CCCN(C)[C@H]1C[C@@H](C)OC(O[C@@H]2C(C)[C@H](OC3C[C@@](C)(OC)[C@@H](OC(C)=O)[C@H](C)O3)[C@@H](C)C(=O)O[C@H](CC)[C@@](C)(O)[C@@H]3OCC(=C)CO[C@]2(C)C[C@@H](C)/C(=N\OC(C)=O)[C@@H]3C)[C@@H]1C. The summed E-state index contributed by atoms with van der Waals surface area (Å²) < 4.78 is 59.3. The molecular formula is C49H80N2O14. The summed E-state index contributed by atoms with van der Waals surface area (Å²) in [6, 6.07) is 0.0528. The number of hydrogen-bond donors (Lipinski definition) is 1. The molecule has 4 fully saturated rings. The Bertz CT molecular complexity index is 1720. The molecule has 0 aromatic carbocycles. The minimum atomic E-state index is -1.79. The third kappa shape index (κ3) is 13.0. The maximum atomic E-state index is 14.8. The van der Waals surface area contributed by atoms with Crippen LogP contribution in [0.2, 0.25) is 0 Å². The number of methoxy groups -OCH3 is 1. The van der Waals surface area contributed by atoms with Gasteiger partial charge in [-0.1, -0.05) is 46.4 Å². The van der Waals surface area contributed by atoms with Gasteiger partial charge in [-0.25, -0.2) is 4.79 Å². The van der Waals surface area contributed by atoms with Gasteiger partial charge >= 0.3 is 17.9 Å². The summed E-state index contributed by atoms with van der Waals surface area (Å²) in [5, 5.41) is 17.0. The fraction of sp³-hybridized carbons (Fsp3) is 0.837. The number of rotatable bonds is 11. The van der Waals surface area contributed by atoms with E-state index in [2.05, 4.69) is 36.5 Å². The number of carbonyl (C=O) groups excluding carboxylic acids is 3. The standard InChI is InChI=1S/C49H80N2O14/c1-18-20-21-51(16)37-22-29(5)59-46(30(37)6)64-42-32(8)41(63-39-24-47(13,56-17)44(34(10)60-39)61-35(11)52)33(9)45(54)62-38(19-2)49(15,55)43-31(7)40(50-65-36(12)53)28(4)23-48(42,14)58-26-27(3)25-57-43/h1,28-34,37-39,41-44,46,55H,3,19-26H2,2,4-17H3/b50-40+/t28-,29-,30-,31+,32?,33-,34+,37+,38-,39?,41+,42-,43-,44+,46?,47-,48-,49-/m1/s1. The molecular weight excluding hydrogens is 841 g/mol. The van der Waals surface area contributed by atoms with Gasteiger partial charge in [-0.2, -0.15) is 0 Å². The highest BCUT2D eigenvalue weighted by Gasteiger charge is 2.55. The first-order chi connectivity index (χ1) is 30.3. The van der Waals surface area contributed by atoms with Gasteiger partial charge in [-0.15, -0.1) is 12.3 Å². The highest BCUT2D eigenvalue weighted by molar-refractivity contribution is 5.89. The van der Waals surface area contributed by atoms with Gasteiger partial charge in [-0.05, 0) is 73.4 Å². The van der Waals surface area contributed by atoms with E-state index in [1.54, 1.807) is 27.9 Å². The van der Waals surface area contributed by atoms with Crippen LogP contribution in [0.25, 0.3) is 0 Å². The van der Waals surface area contributed by atoms with Crippen molar-refractivity contribution in [3.05, 3.63) is 12.2 Å². The molecule has 0 aliphatic carbocycles. The van der Waals surface area contributed by atoms with E-state index in [1.165, 1.54) is 13.8 Å². The Labute approximate surface area is 388 Å². The zero-order chi connectivity index (χ0) is 48.8. The maximum Gasteiger partial charge on any atom is 0.331 e. The Hall–Kier alpha value is -2.98. The van der Waals surface area contributed by atoms with Crippen LogP contribution in [0.5, 0.6) is 0 Å². The zero-order valence-corrected chi connectivity index (χ0v) is 41.8. The number of nitrogens with zero attached hydrogens (tertiary/aromatic N) is 2. The third-order valence-electron chi connectivity index (χ3n) is 14.3. The molecule has 4 heterocycles.